The van der Waals surface area contributed by atoms with Crippen LogP contribution in [-0.4, -0.2) is 18.1 Å². The summed E-state index contributed by atoms with van der Waals surface area (Å²) in [4.78, 5) is 6.04. The topological polar surface area (TPSA) is 16.1 Å². The van der Waals surface area contributed by atoms with Crippen LogP contribution in [0.3, 0.4) is 0 Å². The molecule has 1 aromatic heterocycles. The van der Waals surface area contributed by atoms with E-state index < -0.39 is 11.7 Å². The number of aromatic nitrogens is 1. The van der Waals surface area contributed by atoms with Crippen molar-refractivity contribution in [3.8, 4) is 0 Å². The quantitative estimate of drug-likeness (QED) is 0.752. The molecule has 0 unspecified atom stereocenters. The highest BCUT2D eigenvalue weighted by Gasteiger charge is 2.31. The minimum atomic E-state index is -4.31. The molecule has 2 heterocycles. The van der Waals surface area contributed by atoms with Crippen LogP contribution in [0.15, 0.2) is 12.3 Å². The van der Waals surface area contributed by atoms with Gasteiger partial charge >= 0.3 is 6.18 Å². The first-order valence-corrected chi connectivity index (χ1v) is 5.77. The minimum Gasteiger partial charge on any atom is -0.356 e. The van der Waals surface area contributed by atoms with E-state index in [1.165, 1.54) is 12.5 Å². The van der Waals surface area contributed by atoms with E-state index in [1.54, 1.807) is 6.92 Å². The zero-order valence-electron chi connectivity index (χ0n) is 9.72. The molecule has 1 aromatic rings. The van der Waals surface area contributed by atoms with Crippen LogP contribution in [0.4, 0.5) is 19.0 Å². The molecule has 1 aliphatic heterocycles. The first-order valence-electron chi connectivity index (χ1n) is 5.77. The second kappa shape index (κ2) is 4.55. The van der Waals surface area contributed by atoms with Gasteiger partial charge in [-0.25, -0.2) is 4.98 Å². The molecule has 0 atom stereocenters. The van der Waals surface area contributed by atoms with Crippen LogP contribution in [-0.2, 0) is 6.18 Å². The number of pyridine rings is 1. The third-order valence-corrected chi connectivity index (χ3v) is 3.03. The number of anilines is 1. The fourth-order valence-electron chi connectivity index (χ4n) is 2.16. The minimum absolute atomic E-state index is 0.599. The van der Waals surface area contributed by atoms with Crippen LogP contribution in [0.25, 0.3) is 0 Å². The van der Waals surface area contributed by atoms with Gasteiger partial charge in [-0.05, 0) is 37.8 Å². The molecule has 1 fully saturated rings. The lowest BCUT2D eigenvalue weighted by Gasteiger charge is -2.29. The van der Waals surface area contributed by atoms with Crippen molar-refractivity contribution in [2.45, 2.75) is 32.4 Å². The third kappa shape index (κ3) is 2.70. The van der Waals surface area contributed by atoms with Gasteiger partial charge in [-0.15, -0.1) is 0 Å². The summed E-state index contributed by atoms with van der Waals surface area (Å²) in [5.74, 6) is 0.692. The Kier molecular flexibility index (Phi) is 3.26. The number of hydrogen-bond donors (Lipinski definition) is 0. The standard InChI is InChI=1S/C12H15F3N2/c1-9-7-10(12(13,14)15)8-16-11(9)17-5-3-2-4-6-17/h7-8H,2-6H2,1H3. The fraction of sp³-hybridized carbons (Fsp3) is 0.583. The van der Waals surface area contributed by atoms with Gasteiger partial charge in [-0.3, -0.25) is 0 Å². The van der Waals surface area contributed by atoms with Gasteiger partial charge in [0, 0.05) is 19.3 Å². The van der Waals surface area contributed by atoms with Crippen molar-refractivity contribution >= 4 is 5.82 Å². The average molecular weight is 244 g/mol. The molecule has 0 aromatic carbocycles. The molecule has 17 heavy (non-hydrogen) atoms. The lowest BCUT2D eigenvalue weighted by molar-refractivity contribution is -0.137. The summed E-state index contributed by atoms with van der Waals surface area (Å²) in [6.45, 7) is 3.46. The number of hydrogen-bond acceptors (Lipinski definition) is 2. The molecule has 0 amide bonds. The fourth-order valence-corrected chi connectivity index (χ4v) is 2.16. The summed E-state index contributed by atoms with van der Waals surface area (Å²) in [6, 6.07) is 1.18. The van der Waals surface area contributed by atoms with E-state index in [4.69, 9.17) is 0 Å². The predicted molar refractivity (Wildman–Crippen MR) is 60.0 cm³/mol. The zero-order valence-corrected chi connectivity index (χ0v) is 9.72. The summed E-state index contributed by atoms with van der Waals surface area (Å²) in [5.41, 5.74) is -0.0718. The van der Waals surface area contributed by atoms with E-state index in [1.807, 2.05) is 0 Å². The Labute approximate surface area is 98.5 Å². The molecular formula is C12H15F3N2. The zero-order chi connectivity index (χ0) is 12.5. The molecule has 0 N–H and O–H groups in total. The molecule has 1 saturated heterocycles. The van der Waals surface area contributed by atoms with Crippen molar-refractivity contribution in [1.29, 1.82) is 0 Å². The molecule has 0 spiro atoms. The van der Waals surface area contributed by atoms with Crippen LogP contribution in [0, 0.1) is 6.92 Å². The molecule has 1 aliphatic rings. The number of piperidine rings is 1. The molecule has 0 aliphatic carbocycles. The van der Waals surface area contributed by atoms with Gasteiger partial charge in [0.25, 0.3) is 0 Å². The van der Waals surface area contributed by atoms with E-state index >= 15 is 0 Å². The van der Waals surface area contributed by atoms with Gasteiger partial charge in [0.15, 0.2) is 0 Å². The maximum atomic E-state index is 12.5. The number of halogens is 3. The van der Waals surface area contributed by atoms with Crippen molar-refractivity contribution in [3.05, 3.63) is 23.4 Å². The molecule has 2 nitrogen and oxygen atoms in total. The van der Waals surface area contributed by atoms with Gasteiger partial charge < -0.3 is 4.90 Å². The normalized spacial score (nSPS) is 17.3. The summed E-state index contributed by atoms with van der Waals surface area (Å²) >= 11 is 0. The van der Waals surface area contributed by atoms with Crippen LogP contribution in [0.1, 0.15) is 30.4 Å². The number of nitrogens with zero attached hydrogens (tertiary/aromatic N) is 2. The average Bonchev–Trinajstić information content (AvgIpc) is 2.29. The van der Waals surface area contributed by atoms with Crippen molar-refractivity contribution in [2.75, 3.05) is 18.0 Å². The molecule has 5 heteroatoms. The van der Waals surface area contributed by atoms with Crippen molar-refractivity contribution in [2.24, 2.45) is 0 Å². The largest absolute Gasteiger partial charge is 0.417 e. The number of alkyl halides is 3. The van der Waals surface area contributed by atoms with Gasteiger partial charge in [0.05, 0.1) is 5.56 Å². The second-order valence-electron chi connectivity index (χ2n) is 4.41. The van der Waals surface area contributed by atoms with Gasteiger partial charge in [-0.2, -0.15) is 13.2 Å². The molecule has 94 valence electrons. The maximum Gasteiger partial charge on any atom is 0.417 e. The summed E-state index contributed by atoms with van der Waals surface area (Å²) in [6.07, 6.45) is -0.0183. The van der Waals surface area contributed by atoms with Crippen LogP contribution in [0.5, 0.6) is 0 Å². The highest BCUT2D eigenvalue weighted by atomic mass is 19.4. The van der Waals surface area contributed by atoms with Crippen LogP contribution < -0.4 is 4.90 Å². The Hall–Kier alpha value is -1.26. The highest BCUT2D eigenvalue weighted by molar-refractivity contribution is 5.48. The Balaban J connectivity index is 2.25. The molecule has 0 radical (unpaired) electrons. The van der Waals surface area contributed by atoms with Crippen LogP contribution >= 0.6 is 0 Å². The van der Waals surface area contributed by atoms with E-state index in [-0.39, 0.29) is 0 Å². The van der Waals surface area contributed by atoms with Crippen molar-refractivity contribution in [1.82, 2.24) is 4.98 Å². The molecule has 0 bridgehead atoms. The third-order valence-electron chi connectivity index (χ3n) is 3.03. The van der Waals surface area contributed by atoms with E-state index in [0.29, 0.717) is 11.4 Å². The van der Waals surface area contributed by atoms with Gasteiger partial charge in [-0.1, -0.05) is 0 Å². The summed E-state index contributed by atoms with van der Waals surface area (Å²) in [7, 11) is 0. The number of rotatable bonds is 1. The predicted octanol–water partition coefficient (Wildman–Crippen LogP) is 3.40. The Morgan fingerprint density at radius 1 is 1.18 bits per heavy atom. The lowest BCUT2D eigenvalue weighted by atomic mass is 10.1. The van der Waals surface area contributed by atoms with Gasteiger partial charge in [0.2, 0.25) is 0 Å². The van der Waals surface area contributed by atoms with Crippen molar-refractivity contribution in [3.63, 3.8) is 0 Å². The summed E-state index contributed by atoms with van der Waals surface area (Å²) < 4.78 is 37.5. The van der Waals surface area contributed by atoms with E-state index in [9.17, 15) is 13.2 Å². The first-order chi connectivity index (χ1) is 7.98. The Bertz CT molecular complexity index is 395. The monoisotopic (exact) mass is 244 g/mol. The Morgan fingerprint density at radius 2 is 1.82 bits per heavy atom. The smallest absolute Gasteiger partial charge is 0.356 e. The maximum absolute atomic E-state index is 12.5. The van der Waals surface area contributed by atoms with Crippen LogP contribution in [0.2, 0.25) is 0 Å². The highest BCUT2D eigenvalue weighted by Crippen LogP contribution is 2.31. The SMILES string of the molecule is Cc1cc(C(F)(F)F)cnc1N1CCCCC1. The van der Waals surface area contributed by atoms with Crippen molar-refractivity contribution < 1.29 is 13.2 Å². The molecule has 0 saturated carbocycles. The second-order valence-corrected chi connectivity index (χ2v) is 4.41. The van der Waals surface area contributed by atoms with E-state index in [2.05, 4.69) is 9.88 Å². The summed E-state index contributed by atoms with van der Waals surface area (Å²) in [5, 5.41) is 0. The number of aryl methyl sites for hydroxylation is 1. The first kappa shape index (κ1) is 12.2. The lowest BCUT2D eigenvalue weighted by Crippen LogP contribution is -2.31. The van der Waals surface area contributed by atoms with E-state index in [0.717, 1.165) is 32.1 Å². The van der Waals surface area contributed by atoms with Gasteiger partial charge in [0.1, 0.15) is 5.82 Å². The molecule has 2 rings (SSSR count). The molecular weight excluding hydrogens is 229 g/mol. The Morgan fingerprint density at radius 3 is 2.35 bits per heavy atom.